The van der Waals surface area contributed by atoms with Gasteiger partial charge in [-0.15, -0.1) is 0 Å². The third-order valence-electron chi connectivity index (χ3n) is 21.6. The predicted molar refractivity (Wildman–Crippen MR) is 442 cm³/mol. The second-order valence-corrected chi connectivity index (χ2v) is 27.5. The quantitative estimate of drug-likeness (QED) is 0.142. The summed E-state index contributed by atoms with van der Waals surface area (Å²) in [5.74, 6) is 0. The first-order valence-electron chi connectivity index (χ1n) is 36.0. The van der Waals surface area contributed by atoms with Gasteiger partial charge in [-0.3, -0.25) is 0 Å². The molecule has 105 heavy (non-hydrogen) atoms. The summed E-state index contributed by atoms with van der Waals surface area (Å²) >= 11 is 0. The lowest BCUT2D eigenvalue weighted by Crippen LogP contribution is -1.94. The lowest BCUT2D eigenvalue weighted by Gasteiger charge is -2.11. The van der Waals surface area contributed by atoms with Crippen LogP contribution in [0.3, 0.4) is 0 Å². The average molecular weight is 1340 g/mol. The van der Waals surface area contributed by atoms with E-state index < -0.39 is 0 Å². The predicted octanol–water partition coefficient (Wildman–Crippen LogP) is 27.1. The molecule has 22 aromatic rings. The van der Waals surface area contributed by atoms with Gasteiger partial charge in [0.2, 0.25) is 0 Å². The Hall–Kier alpha value is -14.0. The molecule has 5 aromatic heterocycles. The minimum atomic E-state index is 0.899. The van der Waals surface area contributed by atoms with E-state index in [2.05, 4.69) is 394 Å². The monoisotopic (exact) mass is 1340 g/mol. The van der Waals surface area contributed by atoms with Crippen molar-refractivity contribution in [2.45, 2.75) is 0 Å². The molecule has 490 valence electrons. The van der Waals surface area contributed by atoms with E-state index >= 15 is 0 Å². The molecule has 0 N–H and O–H groups in total. The second kappa shape index (κ2) is 24.4. The fourth-order valence-electron chi connectivity index (χ4n) is 16.7. The van der Waals surface area contributed by atoms with Crippen molar-refractivity contribution in [2.24, 2.45) is 0 Å². The van der Waals surface area contributed by atoms with Gasteiger partial charge in [-0.1, -0.05) is 255 Å². The molecule has 22 rings (SSSR count). The zero-order valence-electron chi connectivity index (χ0n) is 57.1. The van der Waals surface area contributed by atoms with Crippen LogP contribution in [0.15, 0.2) is 393 Å². The molecule has 0 amide bonds. The van der Waals surface area contributed by atoms with E-state index in [9.17, 15) is 0 Å². The number of fused-ring (bicyclic) bond motifs is 16. The van der Waals surface area contributed by atoms with Crippen molar-refractivity contribution in [1.82, 2.24) is 18.3 Å². The van der Waals surface area contributed by atoms with Gasteiger partial charge >= 0.3 is 0 Å². The van der Waals surface area contributed by atoms with Crippen LogP contribution in [0.5, 0.6) is 0 Å². The van der Waals surface area contributed by atoms with Crippen molar-refractivity contribution in [1.29, 1.82) is 0 Å². The van der Waals surface area contributed by atoms with Crippen LogP contribution in [0.25, 0.3) is 198 Å². The Morgan fingerprint density at radius 2 is 0.467 bits per heavy atom. The Bertz CT molecular complexity index is 7210. The number of aromatic nitrogens is 4. The molecule has 5 nitrogen and oxygen atoms in total. The Morgan fingerprint density at radius 3 is 0.924 bits per heavy atom. The number of rotatable bonds is 9. The number of hydrogen-bond acceptors (Lipinski definition) is 1. The van der Waals surface area contributed by atoms with Gasteiger partial charge in [0.05, 0.1) is 55.2 Å². The molecule has 17 aromatic carbocycles. The molecule has 0 unspecified atom stereocenters. The van der Waals surface area contributed by atoms with Crippen LogP contribution in [-0.2, 0) is 0 Å². The molecule has 0 fully saturated rings. The van der Waals surface area contributed by atoms with E-state index in [-0.39, 0.29) is 0 Å². The molecule has 0 saturated carbocycles. The van der Waals surface area contributed by atoms with E-state index in [1.54, 1.807) is 0 Å². The first-order valence-corrected chi connectivity index (χ1v) is 36.0. The van der Waals surface area contributed by atoms with Crippen molar-refractivity contribution in [2.75, 3.05) is 0 Å². The SMILES string of the molecule is c1ccc(-c2cccc(-n3c4ccccc4c4cc(-c5ccc6c(c5)c5ccccc5n6-c5ccc6cc(-c7ccccc7)ccc6c5)ccc43)c2)cc1.c1ccc(-c2cccc(-n3c4ccccc4c4cc(-c5ccc6c(c5)c5ccccc5n6-c5cccc6oc7ccccc7c56)ccc43)c2)cc1. The summed E-state index contributed by atoms with van der Waals surface area (Å²) in [5.41, 5.74) is 28.1. The summed E-state index contributed by atoms with van der Waals surface area (Å²) in [4.78, 5) is 0. The highest BCUT2D eigenvalue weighted by Crippen LogP contribution is 2.44. The van der Waals surface area contributed by atoms with Gasteiger partial charge in [0, 0.05) is 65.5 Å². The lowest BCUT2D eigenvalue weighted by molar-refractivity contribution is 0.669. The number of para-hydroxylation sites is 5. The molecular weight excluding hydrogens is 1270 g/mol. The van der Waals surface area contributed by atoms with E-state index in [4.69, 9.17) is 4.42 Å². The van der Waals surface area contributed by atoms with Gasteiger partial charge in [-0.25, -0.2) is 0 Å². The van der Waals surface area contributed by atoms with E-state index in [1.807, 2.05) is 12.1 Å². The maximum atomic E-state index is 6.30. The van der Waals surface area contributed by atoms with Crippen LogP contribution in [0.4, 0.5) is 0 Å². The molecule has 0 radical (unpaired) electrons. The van der Waals surface area contributed by atoms with Gasteiger partial charge in [0.25, 0.3) is 0 Å². The zero-order valence-corrected chi connectivity index (χ0v) is 57.1. The smallest absolute Gasteiger partial charge is 0.137 e. The molecule has 0 aliphatic heterocycles. The maximum absolute atomic E-state index is 6.30. The average Bonchev–Trinajstić information content (AvgIpc) is 1.59. The van der Waals surface area contributed by atoms with Gasteiger partial charge < -0.3 is 22.7 Å². The summed E-state index contributed by atoms with van der Waals surface area (Å²) in [6.45, 7) is 0. The molecule has 0 saturated heterocycles. The summed E-state index contributed by atoms with van der Waals surface area (Å²) in [5, 5.41) is 14.7. The third kappa shape index (κ3) is 9.92. The van der Waals surface area contributed by atoms with Crippen molar-refractivity contribution in [3.63, 3.8) is 0 Å². The first-order chi connectivity index (χ1) is 52.1. The van der Waals surface area contributed by atoms with Crippen LogP contribution in [-0.4, -0.2) is 18.3 Å². The van der Waals surface area contributed by atoms with E-state index in [1.165, 1.54) is 159 Å². The van der Waals surface area contributed by atoms with Gasteiger partial charge in [-0.05, 0) is 200 Å². The molecule has 0 spiro atoms. The fourth-order valence-corrected chi connectivity index (χ4v) is 16.7. The zero-order chi connectivity index (χ0) is 69.1. The molecule has 0 bridgehead atoms. The summed E-state index contributed by atoms with van der Waals surface area (Å²) in [6, 6.07) is 141. The molecule has 0 aliphatic rings. The van der Waals surface area contributed by atoms with Gasteiger partial charge in [0.1, 0.15) is 11.2 Å². The normalized spacial score (nSPS) is 11.8. The van der Waals surface area contributed by atoms with Crippen LogP contribution in [0.2, 0.25) is 0 Å². The minimum absolute atomic E-state index is 0.899. The Morgan fingerprint density at radius 1 is 0.162 bits per heavy atom. The molecule has 0 atom stereocenters. The summed E-state index contributed by atoms with van der Waals surface area (Å²) in [7, 11) is 0. The van der Waals surface area contributed by atoms with Crippen LogP contribution in [0.1, 0.15) is 0 Å². The molecule has 5 heteroatoms. The first kappa shape index (κ1) is 59.8. The largest absolute Gasteiger partial charge is 0.456 e. The van der Waals surface area contributed by atoms with Crippen molar-refractivity contribution >= 4 is 120 Å². The number of furan rings is 1. The standard InChI is InChI=1S/C52H34N2.C48H30N2O/c1-3-12-35(13-4-1)37-16-11-17-43(31-37)53-49-20-9-7-18-45(49)47-33-41(25-28-51(47)53)42-26-29-52-48(34-42)46-19-8-10-21-50(46)54(52)44-27-24-39-30-38(22-23-40(39)32-44)36-14-5-2-6-15-36;1-2-12-31(13-3-1)32-14-10-15-35(28-32)49-41-19-7-4-16-36(41)39-29-33(24-26-43(39)49)34-25-27-44-40(30-34)37-17-5-8-20-42(37)50(44)45-21-11-23-47-48(45)38-18-6-9-22-46(38)51-47/h1-34H;1-30H. The lowest BCUT2D eigenvalue weighted by atomic mass is 10.0. The summed E-state index contributed by atoms with van der Waals surface area (Å²) < 4.78 is 15.9. The van der Waals surface area contributed by atoms with E-state index in [0.717, 1.165) is 39.0 Å². The fraction of sp³-hybridized carbons (Fsp3) is 0. The van der Waals surface area contributed by atoms with Crippen LogP contribution < -0.4 is 0 Å². The minimum Gasteiger partial charge on any atom is -0.456 e. The number of nitrogens with zero attached hydrogens (tertiary/aromatic N) is 4. The highest BCUT2D eigenvalue weighted by Gasteiger charge is 2.22. The Kier molecular flexibility index (Phi) is 13.9. The Balaban J connectivity index is 0.000000135. The topological polar surface area (TPSA) is 32.9 Å². The van der Waals surface area contributed by atoms with Crippen LogP contribution >= 0.6 is 0 Å². The van der Waals surface area contributed by atoms with E-state index in [0.29, 0.717) is 0 Å². The second-order valence-electron chi connectivity index (χ2n) is 27.5. The van der Waals surface area contributed by atoms with Crippen molar-refractivity contribution in [3.8, 4) is 78.4 Å². The highest BCUT2D eigenvalue weighted by atomic mass is 16.3. The molecule has 0 aliphatic carbocycles. The number of hydrogen-bond donors (Lipinski definition) is 0. The van der Waals surface area contributed by atoms with Gasteiger partial charge in [-0.2, -0.15) is 0 Å². The van der Waals surface area contributed by atoms with Gasteiger partial charge in [0.15, 0.2) is 0 Å². The van der Waals surface area contributed by atoms with Crippen LogP contribution in [0, 0.1) is 0 Å². The number of benzene rings is 17. The third-order valence-corrected chi connectivity index (χ3v) is 21.6. The summed E-state index contributed by atoms with van der Waals surface area (Å²) in [6.07, 6.45) is 0. The molecular formula is C100H64N4O. The highest BCUT2D eigenvalue weighted by molar-refractivity contribution is 6.17. The Labute approximate surface area is 605 Å². The maximum Gasteiger partial charge on any atom is 0.137 e. The van der Waals surface area contributed by atoms with Crippen molar-refractivity contribution < 1.29 is 4.42 Å². The molecule has 5 heterocycles. The van der Waals surface area contributed by atoms with Crippen molar-refractivity contribution in [3.05, 3.63) is 388 Å².